The molecule has 10 heteroatoms. The lowest BCUT2D eigenvalue weighted by Crippen LogP contribution is -2.29. The molecule has 3 aromatic rings. The standard InChI is InChI=1S/C28H33ClN4O4S/c1-5-14-36-26(34)24-18(4)30-27-31-28(38-15-6-2)32-33(27)25(24)19-12-13-22(23(16-19)35-7-3)37-17-20-10-8-9-11-21(20)29/h8-13,16,25H,5-7,14-15,17H2,1-4H3,(H,30,31,32). The predicted molar refractivity (Wildman–Crippen MR) is 150 cm³/mol. The summed E-state index contributed by atoms with van der Waals surface area (Å²) in [7, 11) is 0. The van der Waals surface area contributed by atoms with Gasteiger partial charge in [-0.1, -0.05) is 61.5 Å². The second kappa shape index (κ2) is 13.1. The van der Waals surface area contributed by atoms with Gasteiger partial charge in [0.15, 0.2) is 11.5 Å². The summed E-state index contributed by atoms with van der Waals surface area (Å²) in [6, 6.07) is 12.7. The predicted octanol–water partition coefficient (Wildman–Crippen LogP) is 6.65. The minimum Gasteiger partial charge on any atom is -0.490 e. The summed E-state index contributed by atoms with van der Waals surface area (Å²) in [5, 5.41) is 9.29. The summed E-state index contributed by atoms with van der Waals surface area (Å²) in [5.74, 6) is 2.24. The van der Waals surface area contributed by atoms with Crippen LogP contribution in [0.3, 0.4) is 0 Å². The summed E-state index contributed by atoms with van der Waals surface area (Å²) >= 11 is 7.89. The average Bonchev–Trinajstić information content (AvgIpc) is 3.32. The van der Waals surface area contributed by atoms with Crippen molar-refractivity contribution >= 4 is 35.3 Å². The van der Waals surface area contributed by atoms with E-state index in [0.717, 1.165) is 29.7 Å². The molecule has 0 amide bonds. The zero-order chi connectivity index (χ0) is 27.1. The zero-order valence-electron chi connectivity index (χ0n) is 22.1. The first kappa shape index (κ1) is 27.9. The van der Waals surface area contributed by atoms with E-state index < -0.39 is 6.04 Å². The average molecular weight is 557 g/mol. The Bertz CT molecular complexity index is 1310. The number of esters is 1. The van der Waals surface area contributed by atoms with Gasteiger partial charge in [0.25, 0.3) is 0 Å². The van der Waals surface area contributed by atoms with Crippen molar-refractivity contribution in [1.29, 1.82) is 0 Å². The number of nitrogens with one attached hydrogen (secondary N) is 1. The molecule has 1 aliphatic rings. The smallest absolute Gasteiger partial charge is 0.338 e. The molecule has 0 aliphatic carbocycles. The molecule has 1 unspecified atom stereocenters. The molecular weight excluding hydrogens is 524 g/mol. The Balaban J connectivity index is 1.73. The second-order valence-corrected chi connectivity index (χ2v) is 10.2. The third-order valence-corrected chi connectivity index (χ3v) is 7.26. The van der Waals surface area contributed by atoms with Crippen LogP contribution < -0.4 is 14.8 Å². The monoisotopic (exact) mass is 556 g/mol. The normalized spacial score (nSPS) is 14.6. The van der Waals surface area contributed by atoms with E-state index in [2.05, 4.69) is 17.2 Å². The molecule has 4 rings (SSSR count). The van der Waals surface area contributed by atoms with Crippen LogP contribution in [0, 0.1) is 0 Å². The molecule has 0 saturated carbocycles. The number of fused-ring (bicyclic) bond motifs is 1. The number of ether oxygens (including phenoxy) is 3. The maximum atomic E-state index is 13.3. The first-order chi connectivity index (χ1) is 18.5. The van der Waals surface area contributed by atoms with Crippen molar-refractivity contribution in [2.24, 2.45) is 0 Å². The third kappa shape index (κ3) is 6.27. The van der Waals surface area contributed by atoms with Gasteiger partial charge >= 0.3 is 5.97 Å². The van der Waals surface area contributed by atoms with Crippen LogP contribution in [0.4, 0.5) is 5.95 Å². The van der Waals surface area contributed by atoms with Gasteiger partial charge in [-0.2, -0.15) is 4.98 Å². The maximum Gasteiger partial charge on any atom is 0.338 e. The molecule has 0 saturated heterocycles. The molecule has 0 spiro atoms. The number of anilines is 1. The summed E-state index contributed by atoms with van der Waals surface area (Å²) in [4.78, 5) is 17.9. The van der Waals surface area contributed by atoms with E-state index >= 15 is 0 Å². The van der Waals surface area contributed by atoms with E-state index in [-0.39, 0.29) is 5.97 Å². The van der Waals surface area contributed by atoms with Gasteiger partial charge in [-0.15, -0.1) is 5.10 Å². The van der Waals surface area contributed by atoms with Crippen molar-refractivity contribution in [2.45, 2.75) is 58.3 Å². The largest absolute Gasteiger partial charge is 0.490 e. The maximum absolute atomic E-state index is 13.3. The quantitative estimate of drug-likeness (QED) is 0.196. The van der Waals surface area contributed by atoms with Crippen LogP contribution in [0.1, 0.15) is 57.7 Å². The number of allylic oxidation sites excluding steroid dienone is 1. The Kier molecular flexibility index (Phi) is 9.58. The van der Waals surface area contributed by atoms with Gasteiger partial charge in [-0.3, -0.25) is 0 Å². The van der Waals surface area contributed by atoms with Crippen LogP contribution in [-0.4, -0.2) is 39.7 Å². The Labute approximate surface area is 232 Å². The number of hydrogen-bond donors (Lipinski definition) is 1. The molecular formula is C28H33ClN4O4S. The number of hydrogen-bond acceptors (Lipinski definition) is 8. The minimum absolute atomic E-state index is 0.297. The highest BCUT2D eigenvalue weighted by Crippen LogP contribution is 2.40. The van der Waals surface area contributed by atoms with E-state index in [0.29, 0.717) is 58.7 Å². The zero-order valence-corrected chi connectivity index (χ0v) is 23.7. The number of thioether (sulfide) groups is 1. The van der Waals surface area contributed by atoms with Crippen LogP contribution in [0.5, 0.6) is 11.5 Å². The van der Waals surface area contributed by atoms with E-state index in [1.807, 2.05) is 63.2 Å². The lowest BCUT2D eigenvalue weighted by Gasteiger charge is -2.28. The Morgan fingerprint density at radius 1 is 1.11 bits per heavy atom. The van der Waals surface area contributed by atoms with Crippen molar-refractivity contribution in [2.75, 3.05) is 24.3 Å². The molecule has 1 aromatic heterocycles. The van der Waals surface area contributed by atoms with Crippen LogP contribution in [0.2, 0.25) is 5.02 Å². The first-order valence-electron chi connectivity index (χ1n) is 12.8. The second-order valence-electron chi connectivity index (χ2n) is 8.73. The van der Waals surface area contributed by atoms with E-state index in [1.165, 1.54) is 0 Å². The summed E-state index contributed by atoms with van der Waals surface area (Å²) in [6.45, 7) is 8.94. The minimum atomic E-state index is -0.545. The number of nitrogens with zero attached hydrogens (tertiary/aromatic N) is 3. The topological polar surface area (TPSA) is 87.5 Å². The fraction of sp³-hybridized carbons (Fsp3) is 0.393. The number of carbonyl (C=O) groups excluding carboxylic acids is 1. The molecule has 1 aliphatic heterocycles. The van der Waals surface area contributed by atoms with Gasteiger partial charge in [-0.25, -0.2) is 9.48 Å². The van der Waals surface area contributed by atoms with E-state index in [4.69, 9.17) is 30.9 Å². The molecule has 0 fully saturated rings. The molecule has 0 radical (unpaired) electrons. The van der Waals surface area contributed by atoms with Gasteiger partial charge in [0, 0.05) is 22.0 Å². The lowest BCUT2D eigenvalue weighted by atomic mass is 9.95. The number of rotatable bonds is 12. The third-order valence-electron chi connectivity index (χ3n) is 5.85. The molecule has 1 N–H and O–H groups in total. The Hall–Kier alpha value is -3.17. The SMILES string of the molecule is CCCOC(=O)C1=C(C)Nc2nc(SCCC)nn2C1c1ccc(OCc2ccccc2Cl)c(OCC)c1. The van der Waals surface area contributed by atoms with Crippen LogP contribution in [0.25, 0.3) is 0 Å². The number of halogens is 1. The number of benzene rings is 2. The molecule has 2 heterocycles. The number of aromatic nitrogens is 3. The van der Waals surface area contributed by atoms with Gasteiger partial charge < -0.3 is 19.5 Å². The van der Waals surface area contributed by atoms with Crippen LogP contribution in [0.15, 0.2) is 58.9 Å². The van der Waals surface area contributed by atoms with Crippen molar-refractivity contribution in [3.63, 3.8) is 0 Å². The van der Waals surface area contributed by atoms with Gasteiger partial charge in [0.2, 0.25) is 11.1 Å². The van der Waals surface area contributed by atoms with E-state index in [9.17, 15) is 4.79 Å². The van der Waals surface area contributed by atoms with Crippen molar-refractivity contribution < 1.29 is 19.0 Å². The molecule has 2 aromatic carbocycles. The molecule has 38 heavy (non-hydrogen) atoms. The van der Waals surface area contributed by atoms with Crippen molar-refractivity contribution in [3.8, 4) is 11.5 Å². The van der Waals surface area contributed by atoms with E-state index in [1.54, 1.807) is 16.4 Å². The highest BCUT2D eigenvalue weighted by Gasteiger charge is 2.35. The molecule has 1 atom stereocenters. The molecule has 202 valence electrons. The van der Waals surface area contributed by atoms with Crippen LogP contribution in [-0.2, 0) is 16.1 Å². The van der Waals surface area contributed by atoms with Gasteiger partial charge in [-0.05, 0) is 50.5 Å². The van der Waals surface area contributed by atoms with Crippen LogP contribution >= 0.6 is 23.4 Å². The molecule has 0 bridgehead atoms. The molecule has 8 nitrogen and oxygen atoms in total. The summed E-state index contributed by atoms with van der Waals surface area (Å²) < 4.78 is 19.4. The van der Waals surface area contributed by atoms with Crippen molar-refractivity contribution in [3.05, 3.63) is 69.9 Å². The Morgan fingerprint density at radius 2 is 1.92 bits per heavy atom. The summed E-state index contributed by atoms with van der Waals surface area (Å²) in [6.07, 6.45) is 1.74. The van der Waals surface area contributed by atoms with Crippen molar-refractivity contribution in [1.82, 2.24) is 14.8 Å². The first-order valence-corrected chi connectivity index (χ1v) is 14.2. The Morgan fingerprint density at radius 3 is 2.66 bits per heavy atom. The highest BCUT2D eigenvalue weighted by molar-refractivity contribution is 7.99. The highest BCUT2D eigenvalue weighted by atomic mass is 35.5. The fourth-order valence-electron chi connectivity index (χ4n) is 4.08. The fourth-order valence-corrected chi connectivity index (χ4v) is 4.96. The number of carbonyl (C=O) groups is 1. The van der Waals surface area contributed by atoms with Gasteiger partial charge in [0.1, 0.15) is 12.6 Å². The lowest BCUT2D eigenvalue weighted by molar-refractivity contribution is -0.139. The summed E-state index contributed by atoms with van der Waals surface area (Å²) in [5.41, 5.74) is 2.85. The van der Waals surface area contributed by atoms with Gasteiger partial charge in [0.05, 0.1) is 18.8 Å².